The molecule has 4 saturated heterocycles. The summed E-state index contributed by atoms with van der Waals surface area (Å²) in [4.78, 5) is 0. The quantitative estimate of drug-likeness (QED) is 0.164. The summed E-state index contributed by atoms with van der Waals surface area (Å²) in [5.74, 6) is 1.01. The third kappa shape index (κ3) is 6.18. The van der Waals surface area contributed by atoms with Gasteiger partial charge in [-0.3, -0.25) is 0 Å². The zero-order chi connectivity index (χ0) is 38.6. The van der Waals surface area contributed by atoms with Crippen LogP contribution in [0.25, 0.3) is 0 Å². The molecule has 0 amide bonds. The Morgan fingerprint density at radius 1 is 0.741 bits per heavy atom. The van der Waals surface area contributed by atoms with E-state index in [0.717, 1.165) is 38.5 Å². The fourth-order valence-corrected chi connectivity index (χ4v) is 13.2. The van der Waals surface area contributed by atoms with E-state index in [2.05, 4.69) is 20.8 Å². The minimum atomic E-state index is -1.66. The molecule has 0 aromatic rings. The Kier molecular flexibility index (Phi) is 10.9. The molecule has 4 aliphatic carbocycles. The van der Waals surface area contributed by atoms with E-state index in [1.165, 1.54) is 0 Å². The van der Waals surface area contributed by atoms with E-state index < -0.39 is 98.7 Å². The molecule has 24 atom stereocenters. The summed E-state index contributed by atoms with van der Waals surface area (Å²) in [6, 6.07) is 0. The summed E-state index contributed by atoms with van der Waals surface area (Å²) >= 11 is 0. The lowest BCUT2D eigenvalue weighted by Gasteiger charge is -2.62. The minimum absolute atomic E-state index is 0.00359. The first kappa shape index (κ1) is 40.2. The highest BCUT2D eigenvalue weighted by molar-refractivity contribution is 5.16. The van der Waals surface area contributed by atoms with Gasteiger partial charge in [0.1, 0.15) is 48.8 Å². The molecule has 0 bridgehead atoms. The maximum Gasteiger partial charge on any atom is 0.186 e. The molecule has 4 heterocycles. The number of rotatable bonds is 6. The van der Waals surface area contributed by atoms with Crippen molar-refractivity contribution in [3.05, 3.63) is 0 Å². The molecular weight excluding hydrogens is 708 g/mol. The summed E-state index contributed by atoms with van der Waals surface area (Å²) in [5, 5.41) is 94.6. The van der Waals surface area contributed by atoms with Gasteiger partial charge in [-0.05, 0) is 85.4 Å². The lowest BCUT2D eigenvalue weighted by Crippen LogP contribution is -2.62. The van der Waals surface area contributed by atoms with Gasteiger partial charge in [-0.15, -0.1) is 0 Å². The minimum Gasteiger partial charge on any atom is -0.394 e. The Bertz CT molecular complexity index is 1340. The van der Waals surface area contributed by atoms with Crippen LogP contribution in [0.4, 0.5) is 0 Å². The number of ether oxygens (including phenoxy) is 6. The van der Waals surface area contributed by atoms with Crippen molar-refractivity contribution in [2.24, 2.45) is 52.3 Å². The molecule has 0 aromatic carbocycles. The molecule has 8 aliphatic rings. The van der Waals surface area contributed by atoms with Gasteiger partial charge in [0.15, 0.2) is 18.4 Å². The fourth-order valence-electron chi connectivity index (χ4n) is 13.2. The van der Waals surface area contributed by atoms with E-state index in [1.807, 2.05) is 6.92 Å². The number of fused-ring (bicyclic) bond motifs is 7. The van der Waals surface area contributed by atoms with Crippen LogP contribution >= 0.6 is 0 Å². The normalized spacial score (nSPS) is 60.1. The van der Waals surface area contributed by atoms with E-state index in [4.69, 9.17) is 28.4 Å². The fraction of sp³-hybridized carbons (Fsp3) is 1.00. The molecule has 0 aromatic heterocycles. The molecule has 8 rings (SSSR count). The highest BCUT2D eigenvalue weighted by Crippen LogP contribution is 2.71. The Hall–Kier alpha value is -0.600. The van der Waals surface area contributed by atoms with Gasteiger partial charge in [0.2, 0.25) is 0 Å². The molecular formula is C39H64O15. The number of hydrogen-bond donors (Lipinski definition) is 9. The Labute approximate surface area is 316 Å². The third-order valence-electron chi connectivity index (χ3n) is 16.4. The predicted molar refractivity (Wildman–Crippen MR) is 186 cm³/mol. The third-order valence-corrected chi connectivity index (χ3v) is 16.4. The van der Waals surface area contributed by atoms with Gasteiger partial charge in [-0.2, -0.15) is 0 Å². The Balaban J connectivity index is 0.935. The molecule has 0 unspecified atom stereocenters. The second-order valence-corrected chi connectivity index (χ2v) is 18.9. The highest BCUT2D eigenvalue weighted by atomic mass is 16.7. The van der Waals surface area contributed by atoms with Crippen LogP contribution in [0.5, 0.6) is 0 Å². The van der Waals surface area contributed by atoms with Gasteiger partial charge in [0.05, 0.1) is 44.2 Å². The lowest BCUT2D eigenvalue weighted by molar-refractivity contribution is -0.353. The van der Waals surface area contributed by atoms with Crippen LogP contribution < -0.4 is 0 Å². The summed E-state index contributed by atoms with van der Waals surface area (Å²) in [6.07, 6.45) is -9.55. The SMILES string of the molecule is C[C@H]1CO[C@]2(C[C@@H]1O[C@@H]1O[C@H](CO[C@@H]3O[C@H](CO)[C@H](O)[C@H](O)[C@H]3O)[C@H](O)[C@H](O)[C@H]1O)O[C@H]1C[C@H]3[C@@H]4CC[C@@H]5C[C@@H](O)C[C@@H](O)[C@]5(C)[C@H]4CC[C@]3(C)[C@H]1[C@@H]2C. The van der Waals surface area contributed by atoms with Gasteiger partial charge < -0.3 is 74.4 Å². The molecule has 15 nitrogen and oxygen atoms in total. The van der Waals surface area contributed by atoms with Crippen LogP contribution in [-0.4, -0.2) is 157 Å². The monoisotopic (exact) mass is 772 g/mol. The van der Waals surface area contributed by atoms with Crippen LogP contribution in [0.15, 0.2) is 0 Å². The van der Waals surface area contributed by atoms with E-state index in [0.29, 0.717) is 43.1 Å². The van der Waals surface area contributed by atoms with Crippen molar-refractivity contribution in [2.45, 2.75) is 171 Å². The first-order valence-corrected chi connectivity index (χ1v) is 20.5. The summed E-state index contributed by atoms with van der Waals surface area (Å²) in [6.45, 7) is 8.20. The maximum absolute atomic E-state index is 11.4. The van der Waals surface area contributed by atoms with Gasteiger partial charge in [-0.1, -0.05) is 27.7 Å². The average molecular weight is 773 g/mol. The smallest absolute Gasteiger partial charge is 0.186 e. The van der Waals surface area contributed by atoms with Gasteiger partial charge in [0, 0.05) is 18.3 Å². The standard InChI is InChI=1S/C39H64O15/c1-16-14-50-39(12-24(16)51-36-34(48)32(46)30(44)26(53-36)15-49-35-33(47)31(45)29(43)25(13-40)52-35)17(2)28-23(54-39)11-22-20-6-5-18-9-19(41)10-27(42)38(18,4)21(20)7-8-37(22,28)3/h16-36,40-48H,5-15H2,1-4H3/t16-,17-,18+,19+,20+,21-,22-,23-,24-,25+,26+,27+,28-,29-,30-,31-,32-,33+,34+,35+,36+,37-,38-,39+/m0/s1. The average Bonchev–Trinajstić information content (AvgIpc) is 3.58. The molecule has 310 valence electrons. The van der Waals surface area contributed by atoms with Gasteiger partial charge in [0.25, 0.3) is 0 Å². The largest absolute Gasteiger partial charge is 0.394 e. The van der Waals surface area contributed by atoms with E-state index in [9.17, 15) is 46.0 Å². The number of aliphatic hydroxyl groups excluding tert-OH is 9. The predicted octanol–water partition coefficient (Wildman–Crippen LogP) is -0.616. The van der Waals surface area contributed by atoms with Crippen LogP contribution in [0.3, 0.4) is 0 Å². The van der Waals surface area contributed by atoms with Crippen molar-refractivity contribution in [3.8, 4) is 0 Å². The summed E-state index contributed by atoms with van der Waals surface area (Å²) in [5.41, 5.74) is -0.139. The van der Waals surface area contributed by atoms with Gasteiger partial charge >= 0.3 is 0 Å². The number of aliphatic hydroxyl groups is 9. The topological polar surface area (TPSA) is 237 Å². The van der Waals surface area contributed by atoms with Gasteiger partial charge in [-0.25, -0.2) is 0 Å². The van der Waals surface area contributed by atoms with Crippen molar-refractivity contribution in [1.29, 1.82) is 0 Å². The van der Waals surface area contributed by atoms with E-state index >= 15 is 0 Å². The zero-order valence-electron chi connectivity index (χ0n) is 31.9. The molecule has 4 aliphatic heterocycles. The van der Waals surface area contributed by atoms with Crippen molar-refractivity contribution < 1.29 is 74.4 Å². The first-order chi connectivity index (χ1) is 25.5. The molecule has 15 heteroatoms. The van der Waals surface area contributed by atoms with Crippen LogP contribution in [0.1, 0.15) is 79.1 Å². The van der Waals surface area contributed by atoms with E-state index in [1.54, 1.807) is 0 Å². The van der Waals surface area contributed by atoms with Crippen molar-refractivity contribution in [3.63, 3.8) is 0 Å². The molecule has 0 radical (unpaired) electrons. The van der Waals surface area contributed by atoms with E-state index in [-0.39, 0.29) is 34.7 Å². The molecule has 54 heavy (non-hydrogen) atoms. The molecule has 1 spiro atoms. The Morgan fingerprint density at radius 3 is 2.15 bits per heavy atom. The van der Waals surface area contributed by atoms with Crippen LogP contribution in [-0.2, 0) is 28.4 Å². The zero-order valence-corrected chi connectivity index (χ0v) is 31.9. The van der Waals surface area contributed by atoms with Crippen LogP contribution in [0, 0.1) is 52.3 Å². The summed E-state index contributed by atoms with van der Waals surface area (Å²) in [7, 11) is 0. The summed E-state index contributed by atoms with van der Waals surface area (Å²) < 4.78 is 37.1. The second-order valence-electron chi connectivity index (χ2n) is 18.9. The van der Waals surface area contributed by atoms with Crippen molar-refractivity contribution >= 4 is 0 Å². The second kappa shape index (κ2) is 14.6. The highest BCUT2D eigenvalue weighted by Gasteiger charge is 2.70. The first-order valence-electron chi connectivity index (χ1n) is 20.5. The molecule has 9 N–H and O–H groups in total. The van der Waals surface area contributed by atoms with Crippen molar-refractivity contribution in [2.75, 3.05) is 19.8 Å². The van der Waals surface area contributed by atoms with Crippen LogP contribution in [0.2, 0.25) is 0 Å². The maximum atomic E-state index is 11.4. The molecule has 8 fully saturated rings. The number of hydrogen-bond acceptors (Lipinski definition) is 15. The Morgan fingerprint density at radius 2 is 1.43 bits per heavy atom. The molecule has 4 saturated carbocycles. The lowest BCUT2D eigenvalue weighted by atomic mass is 9.43. The van der Waals surface area contributed by atoms with Crippen molar-refractivity contribution in [1.82, 2.24) is 0 Å².